The SMILES string of the molecule is CC1COC(CO)CN1C(=O)C1CCCCS1(=O)=O. The van der Waals surface area contributed by atoms with Crippen LogP contribution in [0.4, 0.5) is 0 Å². The quantitative estimate of drug-likeness (QED) is 0.746. The van der Waals surface area contributed by atoms with Crippen LogP contribution in [0.2, 0.25) is 0 Å². The molecule has 3 atom stereocenters. The number of aliphatic hydroxyl groups excluding tert-OH is 1. The molecule has 2 saturated heterocycles. The lowest BCUT2D eigenvalue weighted by molar-refractivity contribution is -0.145. The molecule has 0 spiro atoms. The van der Waals surface area contributed by atoms with E-state index in [-0.39, 0.29) is 30.9 Å². The number of carbonyl (C=O) groups is 1. The van der Waals surface area contributed by atoms with Crippen molar-refractivity contribution in [1.82, 2.24) is 4.90 Å². The van der Waals surface area contributed by atoms with E-state index in [4.69, 9.17) is 9.84 Å². The maximum absolute atomic E-state index is 12.5. The van der Waals surface area contributed by atoms with Crippen molar-refractivity contribution in [2.45, 2.75) is 43.6 Å². The summed E-state index contributed by atoms with van der Waals surface area (Å²) in [7, 11) is -3.31. The molecular formula is C12H21NO5S. The molecule has 6 nitrogen and oxygen atoms in total. The van der Waals surface area contributed by atoms with Crippen LogP contribution in [0.5, 0.6) is 0 Å². The third-order valence-corrected chi connectivity index (χ3v) is 6.01. The number of sulfone groups is 1. The molecule has 2 heterocycles. The predicted molar refractivity (Wildman–Crippen MR) is 69.4 cm³/mol. The van der Waals surface area contributed by atoms with Gasteiger partial charge in [0.1, 0.15) is 5.25 Å². The van der Waals surface area contributed by atoms with Crippen molar-refractivity contribution in [3.63, 3.8) is 0 Å². The Morgan fingerprint density at radius 1 is 1.42 bits per heavy atom. The van der Waals surface area contributed by atoms with Crippen molar-refractivity contribution in [2.75, 3.05) is 25.5 Å². The van der Waals surface area contributed by atoms with Crippen molar-refractivity contribution in [1.29, 1.82) is 0 Å². The molecular weight excluding hydrogens is 270 g/mol. The first-order chi connectivity index (χ1) is 8.95. The van der Waals surface area contributed by atoms with E-state index in [1.54, 1.807) is 4.90 Å². The van der Waals surface area contributed by atoms with E-state index in [1.165, 1.54) is 0 Å². The summed E-state index contributed by atoms with van der Waals surface area (Å²) in [6, 6.07) is -0.146. The summed E-state index contributed by atoms with van der Waals surface area (Å²) in [5.41, 5.74) is 0. The number of hydrogen-bond donors (Lipinski definition) is 1. The van der Waals surface area contributed by atoms with Gasteiger partial charge in [0.25, 0.3) is 0 Å². The van der Waals surface area contributed by atoms with Crippen molar-refractivity contribution in [3.8, 4) is 0 Å². The molecule has 0 aromatic heterocycles. The normalized spacial score (nSPS) is 35.1. The average Bonchev–Trinajstić information content (AvgIpc) is 2.38. The molecule has 19 heavy (non-hydrogen) atoms. The maximum Gasteiger partial charge on any atom is 0.241 e. The van der Waals surface area contributed by atoms with Gasteiger partial charge in [-0.15, -0.1) is 0 Å². The van der Waals surface area contributed by atoms with Crippen molar-refractivity contribution in [2.24, 2.45) is 0 Å². The van der Waals surface area contributed by atoms with E-state index in [2.05, 4.69) is 0 Å². The molecule has 2 aliphatic rings. The lowest BCUT2D eigenvalue weighted by Crippen LogP contribution is -2.56. The van der Waals surface area contributed by atoms with Gasteiger partial charge in [0.05, 0.1) is 31.1 Å². The first kappa shape index (κ1) is 14.7. The van der Waals surface area contributed by atoms with E-state index in [0.29, 0.717) is 19.4 Å². The van der Waals surface area contributed by atoms with Crippen LogP contribution in [0, 0.1) is 0 Å². The van der Waals surface area contributed by atoms with Crippen LogP contribution in [0.25, 0.3) is 0 Å². The highest BCUT2D eigenvalue weighted by Gasteiger charge is 2.40. The molecule has 110 valence electrons. The molecule has 0 saturated carbocycles. The predicted octanol–water partition coefficient (Wildman–Crippen LogP) is -0.438. The summed E-state index contributed by atoms with van der Waals surface area (Å²) in [5.74, 6) is -0.222. The van der Waals surface area contributed by atoms with Crippen molar-refractivity contribution >= 4 is 15.7 Å². The summed E-state index contributed by atoms with van der Waals surface area (Å²) in [5, 5.41) is 8.21. The maximum atomic E-state index is 12.5. The molecule has 7 heteroatoms. The third kappa shape index (κ3) is 3.09. The Morgan fingerprint density at radius 3 is 2.79 bits per heavy atom. The van der Waals surface area contributed by atoms with Crippen LogP contribution >= 0.6 is 0 Å². The van der Waals surface area contributed by atoms with Crippen LogP contribution < -0.4 is 0 Å². The van der Waals surface area contributed by atoms with E-state index in [9.17, 15) is 13.2 Å². The number of amides is 1. The Morgan fingerprint density at radius 2 is 2.16 bits per heavy atom. The first-order valence-corrected chi connectivity index (χ1v) is 8.41. The molecule has 1 N–H and O–H groups in total. The molecule has 2 aliphatic heterocycles. The van der Waals surface area contributed by atoms with E-state index in [1.807, 2.05) is 6.92 Å². The van der Waals surface area contributed by atoms with E-state index >= 15 is 0 Å². The van der Waals surface area contributed by atoms with E-state index < -0.39 is 21.2 Å². The fourth-order valence-corrected chi connectivity index (χ4v) is 4.51. The van der Waals surface area contributed by atoms with Gasteiger partial charge >= 0.3 is 0 Å². The van der Waals surface area contributed by atoms with Gasteiger partial charge in [-0.2, -0.15) is 0 Å². The molecule has 0 aromatic rings. The molecule has 1 amide bonds. The van der Waals surface area contributed by atoms with Gasteiger partial charge < -0.3 is 14.7 Å². The minimum Gasteiger partial charge on any atom is -0.394 e. The highest BCUT2D eigenvalue weighted by molar-refractivity contribution is 7.92. The zero-order chi connectivity index (χ0) is 14.0. The summed E-state index contributed by atoms with van der Waals surface area (Å²) in [4.78, 5) is 14.0. The van der Waals surface area contributed by atoms with Crippen molar-refractivity contribution < 1.29 is 23.1 Å². The van der Waals surface area contributed by atoms with Crippen LogP contribution in [0.3, 0.4) is 0 Å². The van der Waals surface area contributed by atoms with Gasteiger partial charge in [0.15, 0.2) is 9.84 Å². The second-order valence-corrected chi connectivity index (χ2v) is 7.63. The fraction of sp³-hybridized carbons (Fsp3) is 0.917. The fourth-order valence-electron chi connectivity index (χ4n) is 2.65. The summed E-state index contributed by atoms with van der Waals surface area (Å²) in [6.07, 6.45) is 1.42. The van der Waals surface area contributed by atoms with E-state index in [0.717, 1.165) is 6.42 Å². The largest absolute Gasteiger partial charge is 0.394 e. The van der Waals surface area contributed by atoms with Crippen molar-refractivity contribution in [3.05, 3.63) is 0 Å². The average molecular weight is 291 g/mol. The number of carbonyl (C=O) groups excluding carboxylic acids is 1. The summed E-state index contributed by atoms with van der Waals surface area (Å²) in [6.45, 7) is 2.28. The number of hydrogen-bond acceptors (Lipinski definition) is 5. The lowest BCUT2D eigenvalue weighted by Gasteiger charge is -2.39. The molecule has 0 radical (unpaired) electrons. The smallest absolute Gasteiger partial charge is 0.241 e. The first-order valence-electron chi connectivity index (χ1n) is 6.70. The van der Waals surface area contributed by atoms with Crippen LogP contribution in [-0.4, -0.2) is 67.2 Å². The number of aliphatic hydroxyl groups is 1. The number of morpholine rings is 1. The molecule has 2 fully saturated rings. The minimum absolute atomic E-state index is 0.103. The Balaban J connectivity index is 2.13. The summed E-state index contributed by atoms with van der Waals surface area (Å²) < 4.78 is 29.4. The number of rotatable bonds is 2. The monoisotopic (exact) mass is 291 g/mol. The van der Waals surface area contributed by atoms with Gasteiger partial charge in [-0.1, -0.05) is 6.42 Å². The van der Waals surface area contributed by atoms with Gasteiger partial charge in [-0.3, -0.25) is 4.79 Å². The standard InChI is InChI=1S/C12H21NO5S/c1-9-8-18-10(7-14)6-13(9)12(15)11-4-2-3-5-19(11,16)17/h9-11,14H,2-8H2,1H3. The molecule has 0 aromatic carbocycles. The van der Waals surface area contributed by atoms with Crippen LogP contribution in [-0.2, 0) is 19.4 Å². The number of ether oxygens (including phenoxy) is 1. The molecule has 3 unspecified atom stereocenters. The Kier molecular flexibility index (Phi) is 4.47. The Bertz CT molecular complexity index is 435. The highest BCUT2D eigenvalue weighted by atomic mass is 32.2. The lowest BCUT2D eigenvalue weighted by atomic mass is 10.1. The molecule has 0 aliphatic carbocycles. The van der Waals surface area contributed by atoms with Gasteiger partial charge in [-0.05, 0) is 19.8 Å². The Labute approximate surface area is 113 Å². The van der Waals surface area contributed by atoms with Gasteiger partial charge in [-0.25, -0.2) is 8.42 Å². The topological polar surface area (TPSA) is 83.9 Å². The van der Waals surface area contributed by atoms with Gasteiger partial charge in [0.2, 0.25) is 5.91 Å². The number of nitrogens with zero attached hydrogens (tertiary/aromatic N) is 1. The minimum atomic E-state index is -3.31. The van der Waals surface area contributed by atoms with Crippen LogP contribution in [0.15, 0.2) is 0 Å². The van der Waals surface area contributed by atoms with Crippen LogP contribution in [0.1, 0.15) is 26.2 Å². The second-order valence-electron chi connectivity index (χ2n) is 5.33. The second kappa shape index (κ2) is 5.76. The third-order valence-electron chi connectivity index (χ3n) is 3.85. The summed E-state index contributed by atoms with van der Waals surface area (Å²) >= 11 is 0. The zero-order valence-electron chi connectivity index (χ0n) is 11.1. The Hall–Kier alpha value is -0.660. The molecule has 0 bridgehead atoms. The van der Waals surface area contributed by atoms with Gasteiger partial charge in [0, 0.05) is 6.54 Å². The highest BCUT2D eigenvalue weighted by Crippen LogP contribution is 2.23. The zero-order valence-corrected chi connectivity index (χ0v) is 11.9. The molecule has 2 rings (SSSR count).